The lowest BCUT2D eigenvalue weighted by Crippen LogP contribution is -1.86. The summed E-state index contributed by atoms with van der Waals surface area (Å²) in [5.41, 5.74) is 3.50. The molecule has 1 heteroatoms. The fraction of sp³-hybridized carbons (Fsp3) is 0.250. The highest BCUT2D eigenvalue weighted by molar-refractivity contribution is 5.85. The van der Waals surface area contributed by atoms with E-state index in [0.717, 1.165) is 23.3 Å². The van der Waals surface area contributed by atoms with Gasteiger partial charge in [0.25, 0.3) is 0 Å². The SMILES string of the molecule is CCCCCc1ccc(C#Cc2ccc3cc(OC)ccc3c2)cc1. The fourth-order valence-electron chi connectivity index (χ4n) is 2.91. The summed E-state index contributed by atoms with van der Waals surface area (Å²) in [7, 11) is 1.69. The average molecular weight is 328 g/mol. The quantitative estimate of drug-likeness (QED) is 0.413. The van der Waals surface area contributed by atoms with E-state index in [1.54, 1.807) is 7.11 Å². The number of ether oxygens (including phenoxy) is 1. The summed E-state index contributed by atoms with van der Waals surface area (Å²) >= 11 is 0. The zero-order valence-corrected chi connectivity index (χ0v) is 15.0. The second kappa shape index (κ2) is 8.40. The summed E-state index contributed by atoms with van der Waals surface area (Å²) in [5, 5.41) is 2.35. The summed E-state index contributed by atoms with van der Waals surface area (Å²) in [6, 6.07) is 21.0. The molecule has 1 nitrogen and oxygen atoms in total. The molecular weight excluding hydrogens is 304 g/mol. The molecule has 0 N–H and O–H groups in total. The van der Waals surface area contributed by atoms with Crippen molar-refractivity contribution in [2.24, 2.45) is 0 Å². The zero-order valence-electron chi connectivity index (χ0n) is 15.0. The van der Waals surface area contributed by atoms with Gasteiger partial charge in [-0.1, -0.05) is 55.9 Å². The van der Waals surface area contributed by atoms with Crippen molar-refractivity contribution in [2.75, 3.05) is 7.11 Å². The lowest BCUT2D eigenvalue weighted by Gasteiger charge is -2.02. The number of fused-ring (bicyclic) bond motifs is 1. The third-order valence-electron chi connectivity index (χ3n) is 4.42. The first-order valence-electron chi connectivity index (χ1n) is 8.97. The molecule has 0 aliphatic carbocycles. The van der Waals surface area contributed by atoms with Crippen LogP contribution in [-0.2, 0) is 6.42 Å². The van der Waals surface area contributed by atoms with E-state index in [-0.39, 0.29) is 0 Å². The van der Waals surface area contributed by atoms with Gasteiger partial charge in [-0.15, -0.1) is 0 Å². The van der Waals surface area contributed by atoms with E-state index in [9.17, 15) is 0 Å². The van der Waals surface area contributed by atoms with Crippen LogP contribution in [0.25, 0.3) is 10.8 Å². The Hall–Kier alpha value is -2.72. The highest BCUT2D eigenvalue weighted by Gasteiger charge is 1.98. The highest BCUT2D eigenvalue weighted by Crippen LogP contribution is 2.21. The van der Waals surface area contributed by atoms with Crippen molar-refractivity contribution in [3.05, 3.63) is 77.4 Å². The van der Waals surface area contributed by atoms with Crippen molar-refractivity contribution < 1.29 is 4.74 Å². The van der Waals surface area contributed by atoms with Gasteiger partial charge in [-0.2, -0.15) is 0 Å². The van der Waals surface area contributed by atoms with Gasteiger partial charge in [-0.3, -0.25) is 0 Å². The van der Waals surface area contributed by atoms with Crippen molar-refractivity contribution in [2.45, 2.75) is 32.6 Å². The Balaban J connectivity index is 1.73. The lowest BCUT2D eigenvalue weighted by atomic mass is 10.0. The first-order chi connectivity index (χ1) is 12.3. The normalized spacial score (nSPS) is 10.3. The number of rotatable bonds is 5. The van der Waals surface area contributed by atoms with Gasteiger partial charge in [0.05, 0.1) is 7.11 Å². The molecule has 0 atom stereocenters. The number of aryl methyl sites for hydroxylation is 1. The maximum absolute atomic E-state index is 5.27. The smallest absolute Gasteiger partial charge is 0.119 e. The molecule has 3 aromatic carbocycles. The van der Waals surface area contributed by atoms with Crippen molar-refractivity contribution in [1.82, 2.24) is 0 Å². The first-order valence-corrected chi connectivity index (χ1v) is 8.97. The molecule has 0 heterocycles. The second-order valence-corrected chi connectivity index (χ2v) is 6.33. The molecule has 0 fully saturated rings. The van der Waals surface area contributed by atoms with Gasteiger partial charge in [0.2, 0.25) is 0 Å². The Morgan fingerprint density at radius 3 is 2.20 bits per heavy atom. The number of methoxy groups -OCH3 is 1. The highest BCUT2D eigenvalue weighted by atomic mass is 16.5. The van der Waals surface area contributed by atoms with Crippen LogP contribution in [0.15, 0.2) is 60.7 Å². The largest absolute Gasteiger partial charge is 0.497 e. The molecule has 0 bridgehead atoms. The van der Waals surface area contributed by atoms with Crippen LogP contribution in [0.1, 0.15) is 42.9 Å². The topological polar surface area (TPSA) is 9.23 Å². The van der Waals surface area contributed by atoms with Crippen molar-refractivity contribution in [3.8, 4) is 17.6 Å². The number of hydrogen-bond acceptors (Lipinski definition) is 1. The Labute approximate surface area is 150 Å². The predicted molar refractivity (Wildman–Crippen MR) is 106 cm³/mol. The Kier molecular flexibility index (Phi) is 5.75. The minimum absolute atomic E-state index is 0.880. The third-order valence-corrected chi connectivity index (χ3v) is 4.42. The molecule has 3 aromatic rings. The van der Waals surface area contributed by atoms with Crippen LogP contribution in [-0.4, -0.2) is 7.11 Å². The van der Waals surface area contributed by atoms with Gasteiger partial charge >= 0.3 is 0 Å². The van der Waals surface area contributed by atoms with Crippen LogP contribution in [0.4, 0.5) is 0 Å². The van der Waals surface area contributed by atoms with E-state index in [1.807, 2.05) is 12.1 Å². The Morgan fingerprint density at radius 1 is 0.760 bits per heavy atom. The lowest BCUT2D eigenvalue weighted by molar-refractivity contribution is 0.415. The minimum Gasteiger partial charge on any atom is -0.497 e. The van der Waals surface area contributed by atoms with Gasteiger partial charge in [-0.25, -0.2) is 0 Å². The Bertz CT molecular complexity index is 895. The van der Waals surface area contributed by atoms with Crippen LogP contribution in [0, 0.1) is 11.8 Å². The molecule has 0 unspecified atom stereocenters. The zero-order chi connectivity index (χ0) is 17.5. The average Bonchev–Trinajstić information content (AvgIpc) is 2.67. The first kappa shape index (κ1) is 17.1. The molecular formula is C24H24O. The second-order valence-electron chi connectivity index (χ2n) is 6.33. The molecule has 0 amide bonds. The van der Waals surface area contributed by atoms with Crippen LogP contribution >= 0.6 is 0 Å². The van der Waals surface area contributed by atoms with Crippen LogP contribution in [0.3, 0.4) is 0 Å². The van der Waals surface area contributed by atoms with E-state index in [1.165, 1.54) is 35.6 Å². The van der Waals surface area contributed by atoms with Gasteiger partial charge in [0.1, 0.15) is 5.75 Å². The maximum atomic E-state index is 5.27. The number of benzene rings is 3. The standard InChI is InChI=1S/C24H24O/c1-3-4-5-6-19-7-9-20(10-8-19)11-12-21-13-14-23-18-24(25-2)16-15-22(23)17-21/h7-10,13-18H,3-6H2,1-2H3. The molecule has 0 radical (unpaired) electrons. The van der Waals surface area contributed by atoms with E-state index >= 15 is 0 Å². The molecule has 25 heavy (non-hydrogen) atoms. The van der Waals surface area contributed by atoms with Crippen LogP contribution in [0.5, 0.6) is 5.75 Å². The molecule has 0 saturated heterocycles. The van der Waals surface area contributed by atoms with E-state index < -0.39 is 0 Å². The fourth-order valence-corrected chi connectivity index (χ4v) is 2.91. The summed E-state index contributed by atoms with van der Waals surface area (Å²) < 4.78 is 5.27. The summed E-state index contributed by atoms with van der Waals surface area (Å²) in [6.45, 7) is 2.24. The minimum atomic E-state index is 0.880. The van der Waals surface area contributed by atoms with E-state index in [2.05, 4.69) is 67.3 Å². The van der Waals surface area contributed by atoms with Gasteiger partial charge < -0.3 is 4.74 Å². The van der Waals surface area contributed by atoms with Gasteiger partial charge in [-0.05, 0) is 65.6 Å². The molecule has 0 saturated carbocycles. The summed E-state index contributed by atoms with van der Waals surface area (Å²) in [6.07, 6.45) is 5.00. The van der Waals surface area contributed by atoms with Crippen molar-refractivity contribution >= 4 is 10.8 Å². The third kappa shape index (κ3) is 4.64. The molecule has 0 aromatic heterocycles. The van der Waals surface area contributed by atoms with Crippen LogP contribution < -0.4 is 4.74 Å². The molecule has 0 aliphatic rings. The summed E-state index contributed by atoms with van der Waals surface area (Å²) in [5.74, 6) is 7.42. The number of hydrogen-bond donors (Lipinski definition) is 0. The Morgan fingerprint density at radius 2 is 1.44 bits per heavy atom. The molecule has 0 aliphatic heterocycles. The van der Waals surface area contributed by atoms with Gasteiger partial charge in [0.15, 0.2) is 0 Å². The van der Waals surface area contributed by atoms with Gasteiger partial charge in [0, 0.05) is 11.1 Å². The monoisotopic (exact) mass is 328 g/mol. The molecule has 126 valence electrons. The van der Waals surface area contributed by atoms with Crippen LogP contribution in [0.2, 0.25) is 0 Å². The van der Waals surface area contributed by atoms with E-state index in [0.29, 0.717) is 0 Å². The molecule has 0 spiro atoms. The van der Waals surface area contributed by atoms with Crippen molar-refractivity contribution in [1.29, 1.82) is 0 Å². The summed E-state index contributed by atoms with van der Waals surface area (Å²) in [4.78, 5) is 0. The van der Waals surface area contributed by atoms with E-state index in [4.69, 9.17) is 4.74 Å². The number of unbranched alkanes of at least 4 members (excludes halogenated alkanes) is 2. The van der Waals surface area contributed by atoms with Crippen molar-refractivity contribution in [3.63, 3.8) is 0 Å². The predicted octanol–water partition coefficient (Wildman–Crippen LogP) is 5.98. The maximum Gasteiger partial charge on any atom is 0.119 e. The molecule has 3 rings (SSSR count).